The van der Waals surface area contributed by atoms with Crippen molar-refractivity contribution in [2.24, 2.45) is 17.8 Å². The van der Waals surface area contributed by atoms with Crippen molar-refractivity contribution >= 4 is 11.8 Å². The van der Waals surface area contributed by atoms with Crippen molar-refractivity contribution in [3.63, 3.8) is 0 Å². The summed E-state index contributed by atoms with van der Waals surface area (Å²) >= 11 is 0. The summed E-state index contributed by atoms with van der Waals surface area (Å²) in [4.78, 5) is 25.9. The molecule has 0 aromatic rings. The molecule has 2 amide bonds. The van der Waals surface area contributed by atoms with Gasteiger partial charge in [0.2, 0.25) is 11.8 Å². The first-order valence-electron chi connectivity index (χ1n) is 7.48. The smallest absolute Gasteiger partial charge is 0.225 e. The summed E-state index contributed by atoms with van der Waals surface area (Å²) in [6.45, 7) is 10.2. The van der Waals surface area contributed by atoms with Gasteiger partial charge in [0.1, 0.15) is 0 Å². The van der Waals surface area contributed by atoms with E-state index in [1.54, 1.807) is 0 Å². The number of hydrogen-bond acceptors (Lipinski definition) is 2. The van der Waals surface area contributed by atoms with Crippen molar-refractivity contribution in [1.29, 1.82) is 0 Å². The molecule has 1 rings (SSSR count). The maximum atomic E-state index is 12.1. The number of nitrogens with zero attached hydrogens (tertiary/aromatic N) is 1. The van der Waals surface area contributed by atoms with E-state index in [9.17, 15) is 9.59 Å². The zero-order valence-electron chi connectivity index (χ0n) is 12.7. The fraction of sp³-hybridized carbons (Fsp3) is 0.867. The Kier molecular flexibility index (Phi) is 6.32. The topological polar surface area (TPSA) is 49.4 Å². The summed E-state index contributed by atoms with van der Waals surface area (Å²) in [5, 5.41) is 3.00. The quantitative estimate of drug-likeness (QED) is 0.829. The molecule has 4 nitrogen and oxygen atoms in total. The van der Waals surface area contributed by atoms with E-state index in [4.69, 9.17) is 0 Å². The van der Waals surface area contributed by atoms with Crippen LogP contribution in [0.25, 0.3) is 0 Å². The van der Waals surface area contributed by atoms with E-state index in [-0.39, 0.29) is 23.7 Å². The first kappa shape index (κ1) is 16.0. The van der Waals surface area contributed by atoms with Crippen LogP contribution >= 0.6 is 0 Å². The molecule has 0 bridgehead atoms. The van der Waals surface area contributed by atoms with Crippen LogP contribution in [0.4, 0.5) is 0 Å². The standard InChI is InChI=1S/C15H28N2O2/c1-11(2)7-8-16-14(18)13-6-5-9-17(10-13)15(19)12(3)4/h11-13H,5-10H2,1-4H3,(H,16,18)/t13-/m0/s1. The highest BCUT2D eigenvalue weighted by Gasteiger charge is 2.28. The maximum Gasteiger partial charge on any atom is 0.225 e. The van der Waals surface area contributed by atoms with Crippen molar-refractivity contribution < 1.29 is 9.59 Å². The minimum absolute atomic E-state index is 0.0164. The van der Waals surface area contributed by atoms with Gasteiger partial charge in [-0.05, 0) is 25.2 Å². The summed E-state index contributed by atoms with van der Waals surface area (Å²) in [5.74, 6) is 0.874. The highest BCUT2D eigenvalue weighted by molar-refractivity contribution is 5.82. The molecule has 1 aliphatic heterocycles. The molecule has 1 N–H and O–H groups in total. The molecule has 0 aromatic carbocycles. The fourth-order valence-electron chi connectivity index (χ4n) is 2.38. The third-order valence-electron chi connectivity index (χ3n) is 3.62. The SMILES string of the molecule is CC(C)CCNC(=O)[C@H]1CCCN(C(=O)C(C)C)C1. The van der Waals surface area contributed by atoms with E-state index in [1.165, 1.54) is 0 Å². The van der Waals surface area contributed by atoms with Crippen LogP contribution in [0.2, 0.25) is 0 Å². The predicted octanol–water partition coefficient (Wildman–Crippen LogP) is 2.04. The van der Waals surface area contributed by atoms with Gasteiger partial charge in [0.25, 0.3) is 0 Å². The van der Waals surface area contributed by atoms with Gasteiger partial charge in [-0.15, -0.1) is 0 Å². The molecule has 110 valence electrons. The second kappa shape index (κ2) is 7.51. The Labute approximate surface area is 116 Å². The van der Waals surface area contributed by atoms with Crippen LogP contribution in [-0.4, -0.2) is 36.3 Å². The van der Waals surface area contributed by atoms with Crippen LogP contribution in [0.1, 0.15) is 47.0 Å². The highest BCUT2D eigenvalue weighted by atomic mass is 16.2. The molecule has 0 aromatic heterocycles. The number of piperidine rings is 1. The van der Waals surface area contributed by atoms with E-state index in [0.717, 1.165) is 32.4 Å². The van der Waals surface area contributed by atoms with E-state index in [1.807, 2.05) is 18.7 Å². The monoisotopic (exact) mass is 268 g/mol. The normalized spacial score (nSPS) is 19.9. The van der Waals surface area contributed by atoms with Gasteiger partial charge in [-0.1, -0.05) is 27.7 Å². The lowest BCUT2D eigenvalue weighted by atomic mass is 9.96. The number of hydrogen-bond donors (Lipinski definition) is 1. The highest BCUT2D eigenvalue weighted by Crippen LogP contribution is 2.18. The van der Waals surface area contributed by atoms with E-state index in [2.05, 4.69) is 19.2 Å². The summed E-state index contributed by atoms with van der Waals surface area (Å²) < 4.78 is 0. The van der Waals surface area contributed by atoms with Crippen molar-refractivity contribution in [2.75, 3.05) is 19.6 Å². The lowest BCUT2D eigenvalue weighted by molar-refractivity contribution is -0.138. The van der Waals surface area contributed by atoms with Crippen molar-refractivity contribution in [3.05, 3.63) is 0 Å². The molecule has 1 fully saturated rings. The first-order valence-corrected chi connectivity index (χ1v) is 7.48. The van der Waals surface area contributed by atoms with Gasteiger partial charge in [-0.25, -0.2) is 0 Å². The Balaban J connectivity index is 2.41. The van der Waals surface area contributed by atoms with Crippen molar-refractivity contribution in [2.45, 2.75) is 47.0 Å². The lowest BCUT2D eigenvalue weighted by Crippen LogP contribution is -2.46. The third-order valence-corrected chi connectivity index (χ3v) is 3.62. The van der Waals surface area contributed by atoms with E-state index in [0.29, 0.717) is 12.5 Å². The molecule has 1 aliphatic rings. The summed E-state index contributed by atoms with van der Waals surface area (Å²) in [7, 11) is 0. The van der Waals surface area contributed by atoms with Crippen LogP contribution in [0.5, 0.6) is 0 Å². The fourth-order valence-corrected chi connectivity index (χ4v) is 2.38. The van der Waals surface area contributed by atoms with Gasteiger partial charge in [0, 0.05) is 25.6 Å². The molecule has 1 atom stereocenters. The summed E-state index contributed by atoms with van der Waals surface area (Å²) in [6, 6.07) is 0. The Morgan fingerprint density at radius 2 is 1.95 bits per heavy atom. The Morgan fingerprint density at radius 1 is 1.26 bits per heavy atom. The van der Waals surface area contributed by atoms with Crippen molar-refractivity contribution in [1.82, 2.24) is 10.2 Å². The van der Waals surface area contributed by atoms with Crippen LogP contribution in [0, 0.1) is 17.8 Å². The molecule has 0 aliphatic carbocycles. The molecule has 0 unspecified atom stereocenters. The van der Waals surface area contributed by atoms with Gasteiger partial charge in [0.05, 0.1) is 5.92 Å². The van der Waals surface area contributed by atoms with Crippen molar-refractivity contribution in [3.8, 4) is 0 Å². The number of nitrogens with one attached hydrogen (secondary N) is 1. The summed E-state index contributed by atoms with van der Waals surface area (Å²) in [5.41, 5.74) is 0. The molecule has 0 spiro atoms. The average Bonchev–Trinajstić information content (AvgIpc) is 2.37. The Morgan fingerprint density at radius 3 is 2.53 bits per heavy atom. The molecule has 0 saturated carbocycles. The van der Waals surface area contributed by atoms with Gasteiger partial charge in [-0.2, -0.15) is 0 Å². The predicted molar refractivity (Wildman–Crippen MR) is 76.6 cm³/mol. The molecule has 19 heavy (non-hydrogen) atoms. The second-order valence-electron chi connectivity index (χ2n) is 6.25. The maximum absolute atomic E-state index is 12.1. The van der Waals surface area contributed by atoms with Crippen LogP contribution < -0.4 is 5.32 Å². The molecule has 1 heterocycles. The van der Waals surface area contributed by atoms with Gasteiger partial charge < -0.3 is 10.2 Å². The Bertz CT molecular complexity index is 313. The van der Waals surface area contributed by atoms with Crippen LogP contribution in [-0.2, 0) is 9.59 Å². The number of likely N-dealkylation sites (tertiary alicyclic amines) is 1. The van der Waals surface area contributed by atoms with Gasteiger partial charge >= 0.3 is 0 Å². The lowest BCUT2D eigenvalue weighted by Gasteiger charge is -2.33. The van der Waals surface area contributed by atoms with Crippen LogP contribution in [0.15, 0.2) is 0 Å². The minimum atomic E-state index is -0.0244. The molecular weight excluding hydrogens is 240 g/mol. The van der Waals surface area contributed by atoms with E-state index >= 15 is 0 Å². The third kappa shape index (κ3) is 5.21. The molecular formula is C15H28N2O2. The minimum Gasteiger partial charge on any atom is -0.356 e. The number of carbonyl (C=O) groups is 2. The molecule has 0 radical (unpaired) electrons. The zero-order chi connectivity index (χ0) is 14.4. The number of amides is 2. The van der Waals surface area contributed by atoms with Crippen LogP contribution in [0.3, 0.4) is 0 Å². The average molecular weight is 268 g/mol. The van der Waals surface area contributed by atoms with E-state index < -0.39 is 0 Å². The van der Waals surface area contributed by atoms with Gasteiger partial charge in [-0.3, -0.25) is 9.59 Å². The number of carbonyl (C=O) groups excluding carboxylic acids is 2. The van der Waals surface area contributed by atoms with Gasteiger partial charge in [0.15, 0.2) is 0 Å². The molecule has 1 saturated heterocycles. The molecule has 4 heteroatoms. The Hall–Kier alpha value is -1.06. The summed E-state index contributed by atoms with van der Waals surface area (Å²) in [6.07, 6.45) is 2.84. The zero-order valence-corrected chi connectivity index (χ0v) is 12.7. The number of rotatable bonds is 5. The second-order valence-corrected chi connectivity index (χ2v) is 6.25. The first-order chi connectivity index (χ1) is 8.91. The largest absolute Gasteiger partial charge is 0.356 e.